The first-order valence-electron chi connectivity index (χ1n) is 13.6. The summed E-state index contributed by atoms with van der Waals surface area (Å²) in [6, 6.07) is 20.5. The largest absolute Gasteiger partial charge is 0.345 e. The zero-order valence-corrected chi connectivity index (χ0v) is 25.6. The molecule has 216 valence electrons. The summed E-state index contributed by atoms with van der Waals surface area (Å²) >= 11 is 0. The van der Waals surface area contributed by atoms with Crippen LogP contribution in [0.3, 0.4) is 0 Å². The van der Waals surface area contributed by atoms with Crippen molar-refractivity contribution < 1.29 is 13.2 Å². The molecule has 2 aromatic heterocycles. The Morgan fingerprint density at radius 1 is 0.929 bits per heavy atom. The van der Waals surface area contributed by atoms with E-state index in [0.717, 1.165) is 52.7 Å². The van der Waals surface area contributed by atoms with Gasteiger partial charge in [-0.3, -0.25) is 4.79 Å². The van der Waals surface area contributed by atoms with Crippen molar-refractivity contribution in [2.75, 3.05) is 20.6 Å². The molecule has 6 rings (SSSR count). The predicted octanol–water partition coefficient (Wildman–Crippen LogP) is 5.99. The van der Waals surface area contributed by atoms with E-state index in [1.165, 1.54) is 25.6 Å². The van der Waals surface area contributed by atoms with Crippen LogP contribution in [0, 0.1) is 13.8 Å². The number of hydrogen-bond acceptors (Lipinski definition) is 5. The van der Waals surface area contributed by atoms with Crippen LogP contribution in [0.4, 0.5) is 0 Å². The molecule has 5 aromatic rings. The van der Waals surface area contributed by atoms with Crippen LogP contribution in [-0.2, 0) is 23.0 Å². The first-order chi connectivity index (χ1) is 19.6. The fraction of sp³-hybridized carbons (Fsp3) is 0.212. The van der Waals surface area contributed by atoms with Gasteiger partial charge in [-0.1, -0.05) is 42.0 Å². The molecule has 0 radical (unpaired) electrons. The van der Waals surface area contributed by atoms with E-state index in [-0.39, 0.29) is 23.2 Å². The van der Waals surface area contributed by atoms with Gasteiger partial charge in [0.05, 0.1) is 4.90 Å². The summed E-state index contributed by atoms with van der Waals surface area (Å²) in [6.45, 7) is 5.87. The van der Waals surface area contributed by atoms with Crippen molar-refractivity contribution in [2.45, 2.75) is 31.7 Å². The van der Waals surface area contributed by atoms with Crippen molar-refractivity contribution in [3.63, 3.8) is 0 Å². The topological polar surface area (TPSA) is 84.3 Å². The molecule has 0 spiro atoms. The Hall–Kier alpha value is -3.98. The molecular formula is C33H33ClN4O3S. The highest BCUT2D eigenvalue weighted by Crippen LogP contribution is 2.36. The summed E-state index contributed by atoms with van der Waals surface area (Å²) in [7, 11) is -0.484. The van der Waals surface area contributed by atoms with Crippen LogP contribution >= 0.6 is 12.4 Å². The average Bonchev–Trinajstić information content (AvgIpc) is 3.37. The van der Waals surface area contributed by atoms with Gasteiger partial charge in [0, 0.05) is 55.1 Å². The smallest absolute Gasteiger partial charge is 0.269 e. The first-order valence-corrected chi connectivity index (χ1v) is 15.1. The van der Waals surface area contributed by atoms with E-state index in [0.29, 0.717) is 11.2 Å². The first kappa shape index (κ1) is 29.5. The number of fused-ring (bicyclic) bond motifs is 2. The molecule has 0 saturated carbocycles. The van der Waals surface area contributed by atoms with Crippen molar-refractivity contribution in [3.8, 4) is 22.3 Å². The molecule has 7 nitrogen and oxygen atoms in total. The van der Waals surface area contributed by atoms with Crippen LogP contribution in [0.25, 0.3) is 33.3 Å². The minimum atomic E-state index is -3.91. The van der Waals surface area contributed by atoms with Gasteiger partial charge in [0.15, 0.2) is 5.65 Å². The quantitative estimate of drug-likeness (QED) is 0.268. The highest BCUT2D eigenvalue weighted by atomic mass is 35.5. The summed E-state index contributed by atoms with van der Waals surface area (Å²) in [5, 5.41) is 4.17. The summed E-state index contributed by atoms with van der Waals surface area (Å²) < 4.78 is 29.0. The fourth-order valence-corrected chi connectivity index (χ4v) is 6.82. The third kappa shape index (κ3) is 5.22. The number of aromatic nitrogens is 2. The molecule has 42 heavy (non-hydrogen) atoms. The van der Waals surface area contributed by atoms with E-state index in [4.69, 9.17) is 4.98 Å². The maximum atomic E-state index is 13.8. The molecule has 1 aliphatic heterocycles. The van der Waals surface area contributed by atoms with Crippen LogP contribution < -0.4 is 5.32 Å². The van der Waals surface area contributed by atoms with Crippen LogP contribution in [0.15, 0.2) is 84.0 Å². The van der Waals surface area contributed by atoms with Gasteiger partial charge < -0.3 is 10.2 Å². The molecule has 0 saturated heterocycles. The minimum Gasteiger partial charge on any atom is -0.345 e. The lowest BCUT2D eigenvalue weighted by Gasteiger charge is -2.20. The number of carbonyl (C=O) groups is 1. The van der Waals surface area contributed by atoms with E-state index in [1.807, 2.05) is 25.1 Å². The van der Waals surface area contributed by atoms with Gasteiger partial charge in [-0.05, 0) is 85.0 Å². The van der Waals surface area contributed by atoms with Gasteiger partial charge in [0.1, 0.15) is 0 Å². The van der Waals surface area contributed by atoms with Crippen LogP contribution in [0.2, 0.25) is 0 Å². The Bertz CT molecular complexity index is 1910. The molecule has 3 heterocycles. The number of nitrogens with one attached hydrogen (secondary N) is 1. The number of benzene rings is 3. The van der Waals surface area contributed by atoms with E-state index in [2.05, 4.69) is 24.4 Å². The Morgan fingerprint density at radius 2 is 1.64 bits per heavy atom. The number of rotatable bonds is 5. The Morgan fingerprint density at radius 3 is 2.33 bits per heavy atom. The zero-order valence-electron chi connectivity index (χ0n) is 24.0. The van der Waals surface area contributed by atoms with E-state index < -0.39 is 10.0 Å². The molecule has 1 aliphatic rings. The Balaban J connectivity index is 0.00000353. The maximum absolute atomic E-state index is 13.8. The summed E-state index contributed by atoms with van der Waals surface area (Å²) in [4.78, 5) is 18.9. The van der Waals surface area contributed by atoms with Crippen LogP contribution in [-0.4, -0.2) is 48.8 Å². The standard InChI is InChI=1S/C33H32N4O3S.ClH/c1-21-5-11-28(12-6-21)41(39,40)37-20-31(23-7-9-24(10-8-23)33(38)36(3)4)29-17-27(18-35-32(29)37)26-15-22(2)30-19-34-14-13-25(30)16-26;/h5-12,15-18,20,34H,13-14,19H2,1-4H3;1H. The minimum absolute atomic E-state index is 0. The molecule has 9 heteroatoms. The number of carbonyl (C=O) groups excluding carboxylic acids is 1. The number of halogens is 1. The second-order valence-electron chi connectivity index (χ2n) is 10.9. The highest BCUT2D eigenvalue weighted by molar-refractivity contribution is 7.90. The number of nitrogens with zero attached hydrogens (tertiary/aromatic N) is 3. The lowest BCUT2D eigenvalue weighted by molar-refractivity contribution is 0.0827. The van der Waals surface area contributed by atoms with Gasteiger partial charge in [-0.2, -0.15) is 0 Å². The van der Waals surface area contributed by atoms with E-state index in [9.17, 15) is 13.2 Å². The highest BCUT2D eigenvalue weighted by Gasteiger charge is 2.24. The SMILES string of the molecule is Cc1ccc(S(=O)(=O)n2cc(-c3ccc(C(=O)N(C)C)cc3)c3cc(-c4cc(C)c5c(c4)CCNC5)cnc32)cc1.Cl. The van der Waals surface area contributed by atoms with Crippen LogP contribution in [0.5, 0.6) is 0 Å². The second kappa shape index (κ2) is 11.4. The maximum Gasteiger partial charge on any atom is 0.269 e. The lowest BCUT2D eigenvalue weighted by atomic mass is 9.91. The number of amides is 1. The lowest BCUT2D eigenvalue weighted by Crippen LogP contribution is -2.24. The predicted molar refractivity (Wildman–Crippen MR) is 170 cm³/mol. The molecule has 0 unspecified atom stereocenters. The van der Waals surface area contributed by atoms with Gasteiger partial charge in [0.25, 0.3) is 15.9 Å². The van der Waals surface area contributed by atoms with Gasteiger partial charge in [0.2, 0.25) is 0 Å². The number of aryl methyl sites for hydroxylation is 2. The Labute approximate surface area is 252 Å². The number of hydrogen-bond donors (Lipinski definition) is 1. The molecule has 0 bridgehead atoms. The molecule has 0 fully saturated rings. The molecule has 3 aromatic carbocycles. The molecule has 0 aliphatic carbocycles. The normalized spacial score (nSPS) is 13.0. The summed E-state index contributed by atoms with van der Waals surface area (Å²) in [5.74, 6) is -0.0946. The number of pyridine rings is 1. The summed E-state index contributed by atoms with van der Waals surface area (Å²) in [6.07, 6.45) is 4.37. The molecule has 1 amide bonds. The van der Waals surface area contributed by atoms with Gasteiger partial charge in [-0.15, -0.1) is 12.4 Å². The second-order valence-corrected chi connectivity index (χ2v) is 12.7. The van der Waals surface area contributed by atoms with Crippen molar-refractivity contribution in [3.05, 3.63) is 107 Å². The molecule has 0 atom stereocenters. The average molecular weight is 601 g/mol. The van der Waals surface area contributed by atoms with Gasteiger partial charge in [-0.25, -0.2) is 17.4 Å². The Kier molecular flexibility index (Phi) is 7.98. The third-order valence-electron chi connectivity index (χ3n) is 7.81. The van der Waals surface area contributed by atoms with Crippen molar-refractivity contribution in [1.82, 2.24) is 19.2 Å². The third-order valence-corrected chi connectivity index (χ3v) is 9.47. The van der Waals surface area contributed by atoms with Crippen molar-refractivity contribution >= 4 is 39.4 Å². The van der Waals surface area contributed by atoms with Crippen molar-refractivity contribution in [1.29, 1.82) is 0 Å². The molecule has 1 N–H and O–H groups in total. The summed E-state index contributed by atoms with van der Waals surface area (Å²) in [5.41, 5.74) is 9.32. The van der Waals surface area contributed by atoms with Gasteiger partial charge >= 0.3 is 0 Å². The van der Waals surface area contributed by atoms with E-state index in [1.54, 1.807) is 62.9 Å². The molecular weight excluding hydrogens is 568 g/mol. The monoisotopic (exact) mass is 600 g/mol. The zero-order chi connectivity index (χ0) is 28.9. The fourth-order valence-electron chi connectivity index (χ4n) is 5.49. The van der Waals surface area contributed by atoms with Crippen molar-refractivity contribution in [2.24, 2.45) is 0 Å². The van der Waals surface area contributed by atoms with E-state index >= 15 is 0 Å². The van der Waals surface area contributed by atoms with Crippen LogP contribution in [0.1, 0.15) is 32.6 Å².